The summed E-state index contributed by atoms with van der Waals surface area (Å²) in [6, 6.07) is 4.89. The number of ether oxygens (including phenoxy) is 1. The molecule has 0 bridgehead atoms. The van der Waals surface area contributed by atoms with Gasteiger partial charge < -0.3 is 19.8 Å². The molecule has 0 unspecified atom stereocenters. The summed E-state index contributed by atoms with van der Waals surface area (Å²) < 4.78 is 5.71. The normalized spacial score (nSPS) is 16.5. The van der Waals surface area contributed by atoms with E-state index in [9.17, 15) is 19.5 Å². The second-order valence-corrected chi connectivity index (χ2v) is 6.29. The number of carboxylic acid groups (broad SMARTS) is 1. The van der Waals surface area contributed by atoms with Gasteiger partial charge in [0.2, 0.25) is 0 Å². The third-order valence-electron chi connectivity index (χ3n) is 4.75. The van der Waals surface area contributed by atoms with Crippen LogP contribution in [0.15, 0.2) is 29.3 Å². The number of carbonyl (C=O) groups excluding carboxylic acids is 1. The molecule has 0 spiro atoms. The Bertz CT molecular complexity index is 914. The van der Waals surface area contributed by atoms with Crippen molar-refractivity contribution in [2.24, 2.45) is 0 Å². The van der Waals surface area contributed by atoms with E-state index in [1.54, 1.807) is 18.2 Å². The number of benzene rings is 1. The minimum Gasteiger partial charge on any atom is -0.468 e. The van der Waals surface area contributed by atoms with Gasteiger partial charge in [-0.2, -0.15) is 0 Å². The maximum absolute atomic E-state index is 12.6. The van der Waals surface area contributed by atoms with Crippen molar-refractivity contribution in [3.63, 3.8) is 0 Å². The van der Waals surface area contributed by atoms with Crippen LogP contribution in [0.2, 0.25) is 0 Å². The van der Waals surface area contributed by atoms with E-state index in [1.165, 1.54) is 18.3 Å². The summed E-state index contributed by atoms with van der Waals surface area (Å²) in [7, 11) is 1.24. The Morgan fingerprint density at radius 1 is 1.31 bits per heavy atom. The molecule has 0 aliphatic carbocycles. The summed E-state index contributed by atoms with van der Waals surface area (Å²) >= 11 is 0. The first-order valence-corrected chi connectivity index (χ1v) is 8.11. The summed E-state index contributed by atoms with van der Waals surface area (Å²) in [5, 5.41) is 20.2. The van der Waals surface area contributed by atoms with Gasteiger partial charge in [0.25, 0.3) is 5.56 Å². The molecule has 1 aliphatic rings. The van der Waals surface area contributed by atoms with Gasteiger partial charge in [-0.15, -0.1) is 0 Å². The molecule has 138 valence electrons. The van der Waals surface area contributed by atoms with E-state index in [1.807, 2.05) is 0 Å². The lowest BCUT2D eigenvalue weighted by molar-refractivity contribution is -0.141. The second kappa shape index (κ2) is 6.75. The number of amides is 1. The zero-order valence-electron chi connectivity index (χ0n) is 14.2. The summed E-state index contributed by atoms with van der Waals surface area (Å²) in [6.07, 6.45) is 0.741. The molecule has 0 atom stereocenters. The van der Waals surface area contributed by atoms with Gasteiger partial charge in [0.05, 0.1) is 29.9 Å². The molecule has 26 heavy (non-hydrogen) atoms. The third-order valence-corrected chi connectivity index (χ3v) is 4.75. The molecular weight excluding hydrogens is 342 g/mol. The van der Waals surface area contributed by atoms with Gasteiger partial charge in [-0.1, -0.05) is 6.07 Å². The summed E-state index contributed by atoms with van der Waals surface area (Å²) in [5.41, 5.74) is -0.639. The highest BCUT2D eigenvalue weighted by atomic mass is 16.5. The zero-order chi connectivity index (χ0) is 18.9. The number of nitrogens with zero attached hydrogens (tertiary/aromatic N) is 3. The minimum atomic E-state index is -1.21. The van der Waals surface area contributed by atoms with E-state index in [0.29, 0.717) is 11.1 Å². The van der Waals surface area contributed by atoms with Crippen LogP contribution < -0.4 is 5.56 Å². The number of likely N-dealkylation sites (tertiary alicyclic amines) is 1. The van der Waals surface area contributed by atoms with E-state index in [-0.39, 0.29) is 37.9 Å². The number of fused-ring (bicyclic) bond motifs is 1. The average Bonchev–Trinajstić information content (AvgIpc) is 2.64. The first-order chi connectivity index (χ1) is 12.3. The lowest BCUT2D eigenvalue weighted by Crippen LogP contribution is -2.44. The van der Waals surface area contributed by atoms with Crippen molar-refractivity contribution in [2.75, 3.05) is 20.2 Å². The SMILES string of the molecule is COC(=O)Cn1cnc2ccc(C3(O)CCN(C(=O)O)CC3)cc2c1=O. The van der Waals surface area contributed by atoms with E-state index in [2.05, 4.69) is 9.72 Å². The van der Waals surface area contributed by atoms with Gasteiger partial charge in [0.1, 0.15) is 6.54 Å². The number of hydrogen-bond donors (Lipinski definition) is 2. The van der Waals surface area contributed by atoms with Crippen LogP contribution in [-0.2, 0) is 21.7 Å². The maximum atomic E-state index is 12.6. The quantitative estimate of drug-likeness (QED) is 0.765. The highest BCUT2D eigenvalue weighted by Gasteiger charge is 2.35. The molecule has 2 N–H and O–H groups in total. The van der Waals surface area contributed by atoms with Crippen LogP contribution in [0, 0.1) is 0 Å². The van der Waals surface area contributed by atoms with Gasteiger partial charge in [0.15, 0.2) is 0 Å². The van der Waals surface area contributed by atoms with Crippen LogP contribution >= 0.6 is 0 Å². The van der Waals surface area contributed by atoms with Crippen LogP contribution in [-0.4, -0.2) is 56.9 Å². The summed E-state index contributed by atoms with van der Waals surface area (Å²) in [6.45, 7) is 0.174. The monoisotopic (exact) mass is 361 g/mol. The number of esters is 1. The van der Waals surface area contributed by atoms with Gasteiger partial charge in [0, 0.05) is 13.1 Å². The van der Waals surface area contributed by atoms with E-state index in [4.69, 9.17) is 5.11 Å². The molecule has 1 fully saturated rings. The van der Waals surface area contributed by atoms with Crippen molar-refractivity contribution in [1.29, 1.82) is 0 Å². The molecule has 1 saturated heterocycles. The third kappa shape index (κ3) is 3.25. The Hall–Kier alpha value is -2.94. The molecule has 0 saturated carbocycles. The van der Waals surface area contributed by atoms with Crippen molar-refractivity contribution in [1.82, 2.24) is 14.5 Å². The van der Waals surface area contributed by atoms with E-state index >= 15 is 0 Å². The molecule has 9 nitrogen and oxygen atoms in total. The fourth-order valence-electron chi connectivity index (χ4n) is 3.12. The summed E-state index contributed by atoms with van der Waals surface area (Å²) in [5.74, 6) is -0.566. The Kier molecular flexibility index (Phi) is 4.64. The Labute approximate surface area is 148 Å². The Morgan fingerprint density at radius 2 is 2.00 bits per heavy atom. The average molecular weight is 361 g/mol. The molecule has 3 rings (SSSR count). The van der Waals surface area contributed by atoms with Gasteiger partial charge in [-0.3, -0.25) is 14.2 Å². The number of carbonyl (C=O) groups is 2. The van der Waals surface area contributed by atoms with Crippen LogP contribution in [0.4, 0.5) is 4.79 Å². The van der Waals surface area contributed by atoms with Crippen LogP contribution in [0.3, 0.4) is 0 Å². The number of aromatic nitrogens is 2. The van der Waals surface area contributed by atoms with E-state index < -0.39 is 23.2 Å². The van der Waals surface area contributed by atoms with Gasteiger partial charge >= 0.3 is 12.1 Å². The molecule has 1 amide bonds. The van der Waals surface area contributed by atoms with Crippen molar-refractivity contribution in [3.8, 4) is 0 Å². The largest absolute Gasteiger partial charge is 0.468 e. The zero-order valence-corrected chi connectivity index (χ0v) is 14.2. The van der Waals surface area contributed by atoms with Crippen molar-refractivity contribution >= 4 is 23.0 Å². The Morgan fingerprint density at radius 3 is 2.62 bits per heavy atom. The fourth-order valence-corrected chi connectivity index (χ4v) is 3.12. The number of rotatable bonds is 3. The molecular formula is C17H19N3O6. The molecule has 2 heterocycles. The van der Waals surface area contributed by atoms with Crippen LogP contribution in [0.1, 0.15) is 18.4 Å². The number of methoxy groups -OCH3 is 1. The smallest absolute Gasteiger partial charge is 0.407 e. The fraction of sp³-hybridized carbons (Fsp3) is 0.412. The lowest BCUT2D eigenvalue weighted by atomic mass is 9.84. The van der Waals surface area contributed by atoms with Gasteiger partial charge in [-0.25, -0.2) is 9.78 Å². The standard InChI is InChI=1S/C17H19N3O6/c1-26-14(21)9-20-10-18-13-3-2-11(8-12(13)15(20)22)17(25)4-6-19(7-5-17)16(23)24/h2-3,8,10,25H,4-7,9H2,1H3,(H,23,24). The van der Waals surface area contributed by atoms with Crippen LogP contribution in [0.25, 0.3) is 10.9 Å². The van der Waals surface area contributed by atoms with E-state index in [0.717, 1.165) is 4.57 Å². The summed E-state index contributed by atoms with van der Waals surface area (Å²) in [4.78, 5) is 40.5. The molecule has 1 aromatic heterocycles. The first-order valence-electron chi connectivity index (χ1n) is 8.11. The second-order valence-electron chi connectivity index (χ2n) is 6.29. The topological polar surface area (TPSA) is 122 Å². The number of hydrogen-bond acceptors (Lipinski definition) is 6. The van der Waals surface area contributed by atoms with Crippen molar-refractivity contribution < 1.29 is 24.5 Å². The maximum Gasteiger partial charge on any atom is 0.407 e. The lowest BCUT2D eigenvalue weighted by Gasteiger charge is -2.37. The predicted octanol–water partition coefficient (Wildman–Crippen LogP) is 0.531. The van der Waals surface area contributed by atoms with Crippen molar-refractivity contribution in [2.45, 2.75) is 25.0 Å². The highest BCUT2D eigenvalue weighted by molar-refractivity contribution is 5.79. The van der Waals surface area contributed by atoms with Gasteiger partial charge in [-0.05, 0) is 30.5 Å². The molecule has 9 heteroatoms. The predicted molar refractivity (Wildman–Crippen MR) is 90.7 cm³/mol. The molecule has 1 aromatic carbocycles. The van der Waals surface area contributed by atoms with Crippen molar-refractivity contribution in [3.05, 3.63) is 40.4 Å². The highest BCUT2D eigenvalue weighted by Crippen LogP contribution is 2.33. The number of piperidine rings is 1. The van der Waals surface area contributed by atoms with Crippen LogP contribution in [0.5, 0.6) is 0 Å². The minimum absolute atomic E-state index is 0.212. The Balaban J connectivity index is 1.95. The first kappa shape index (κ1) is 17.9. The molecule has 2 aromatic rings. The number of aliphatic hydroxyl groups is 1. The molecule has 0 radical (unpaired) electrons. The molecule has 1 aliphatic heterocycles.